The van der Waals surface area contributed by atoms with E-state index >= 15 is 0 Å². The lowest BCUT2D eigenvalue weighted by molar-refractivity contribution is -0.116. The third-order valence-corrected chi connectivity index (χ3v) is 5.24. The fourth-order valence-electron chi connectivity index (χ4n) is 3.80. The standard InChI is InChI=1S/C26H24N2O3/c1-2-31-26(30)25-24(20-15-9-10-16-22(20)27-25)28-23(29)17-21(18-11-5-3-6-12-18)19-13-7-4-8-14-19/h3-16,21,27H,2,17H2,1H3,(H,28,29). The van der Waals surface area contributed by atoms with E-state index in [4.69, 9.17) is 4.74 Å². The quantitative estimate of drug-likeness (QED) is 0.394. The van der Waals surface area contributed by atoms with E-state index in [0.717, 1.165) is 22.0 Å². The molecule has 5 nitrogen and oxygen atoms in total. The molecule has 4 rings (SSSR count). The van der Waals surface area contributed by atoms with Crippen molar-refractivity contribution in [3.05, 3.63) is 102 Å². The topological polar surface area (TPSA) is 71.2 Å². The summed E-state index contributed by atoms with van der Waals surface area (Å²) < 4.78 is 5.18. The molecular weight excluding hydrogens is 388 g/mol. The maximum absolute atomic E-state index is 13.2. The number of para-hydroxylation sites is 1. The van der Waals surface area contributed by atoms with Gasteiger partial charge in [0.2, 0.25) is 5.91 Å². The molecule has 0 aliphatic heterocycles. The van der Waals surface area contributed by atoms with E-state index < -0.39 is 5.97 Å². The third-order valence-electron chi connectivity index (χ3n) is 5.24. The number of fused-ring (bicyclic) bond motifs is 1. The van der Waals surface area contributed by atoms with Gasteiger partial charge in [0.25, 0.3) is 0 Å². The number of ether oxygens (including phenoxy) is 1. The van der Waals surface area contributed by atoms with Crippen LogP contribution in [0.3, 0.4) is 0 Å². The Morgan fingerprint density at radius 1 is 0.871 bits per heavy atom. The van der Waals surface area contributed by atoms with Gasteiger partial charge >= 0.3 is 5.97 Å². The molecule has 1 amide bonds. The third kappa shape index (κ3) is 4.51. The molecule has 5 heteroatoms. The van der Waals surface area contributed by atoms with Crippen molar-refractivity contribution in [3.8, 4) is 0 Å². The summed E-state index contributed by atoms with van der Waals surface area (Å²) in [5, 5.41) is 3.74. The zero-order valence-electron chi connectivity index (χ0n) is 17.3. The molecule has 31 heavy (non-hydrogen) atoms. The SMILES string of the molecule is CCOC(=O)c1[nH]c2ccccc2c1NC(=O)CC(c1ccccc1)c1ccccc1. The second-order valence-corrected chi connectivity index (χ2v) is 7.27. The largest absolute Gasteiger partial charge is 0.461 e. The Hall–Kier alpha value is -3.86. The van der Waals surface area contributed by atoms with E-state index in [0.29, 0.717) is 5.69 Å². The summed E-state index contributed by atoms with van der Waals surface area (Å²) >= 11 is 0. The Bertz CT molecular complexity index is 1140. The van der Waals surface area contributed by atoms with E-state index in [9.17, 15) is 9.59 Å². The Balaban J connectivity index is 1.65. The number of aromatic amines is 1. The molecule has 0 aliphatic rings. The van der Waals surface area contributed by atoms with Gasteiger partial charge in [0.05, 0.1) is 12.3 Å². The maximum atomic E-state index is 13.2. The molecule has 3 aromatic carbocycles. The molecule has 0 fully saturated rings. The molecule has 0 atom stereocenters. The normalized spacial score (nSPS) is 10.9. The van der Waals surface area contributed by atoms with Gasteiger partial charge in [0, 0.05) is 23.2 Å². The van der Waals surface area contributed by atoms with Crippen LogP contribution < -0.4 is 5.32 Å². The van der Waals surface area contributed by atoms with Gasteiger partial charge < -0.3 is 15.0 Å². The summed E-state index contributed by atoms with van der Waals surface area (Å²) in [6.45, 7) is 2.01. The molecular formula is C26H24N2O3. The predicted octanol–water partition coefficient (Wildman–Crippen LogP) is 5.51. The van der Waals surface area contributed by atoms with Crippen molar-refractivity contribution in [1.29, 1.82) is 0 Å². The summed E-state index contributed by atoms with van der Waals surface area (Å²) in [4.78, 5) is 28.7. The average Bonchev–Trinajstić information content (AvgIpc) is 3.17. The molecule has 1 heterocycles. The van der Waals surface area contributed by atoms with Gasteiger partial charge in [-0.2, -0.15) is 0 Å². The van der Waals surface area contributed by atoms with Gasteiger partial charge in [0.15, 0.2) is 0 Å². The van der Waals surface area contributed by atoms with Crippen LogP contribution in [0.5, 0.6) is 0 Å². The second-order valence-electron chi connectivity index (χ2n) is 7.27. The minimum absolute atomic E-state index is 0.0985. The van der Waals surface area contributed by atoms with Crippen LogP contribution >= 0.6 is 0 Å². The lowest BCUT2D eigenvalue weighted by atomic mass is 9.88. The minimum Gasteiger partial charge on any atom is -0.461 e. The van der Waals surface area contributed by atoms with Crippen LogP contribution in [0.1, 0.15) is 40.9 Å². The highest BCUT2D eigenvalue weighted by atomic mass is 16.5. The highest BCUT2D eigenvalue weighted by Gasteiger charge is 2.23. The summed E-state index contributed by atoms with van der Waals surface area (Å²) in [7, 11) is 0. The number of benzene rings is 3. The van der Waals surface area contributed by atoms with Gasteiger partial charge in [-0.05, 0) is 24.1 Å². The van der Waals surface area contributed by atoms with Gasteiger partial charge in [-0.15, -0.1) is 0 Å². The minimum atomic E-state index is -0.489. The predicted molar refractivity (Wildman–Crippen MR) is 122 cm³/mol. The Morgan fingerprint density at radius 2 is 1.45 bits per heavy atom. The molecule has 4 aromatic rings. The number of anilines is 1. The van der Waals surface area contributed by atoms with Crippen LogP contribution in [0.25, 0.3) is 10.9 Å². The zero-order chi connectivity index (χ0) is 21.6. The number of hydrogen-bond acceptors (Lipinski definition) is 3. The summed E-state index contributed by atoms with van der Waals surface area (Å²) in [5.41, 5.74) is 3.61. The average molecular weight is 412 g/mol. The molecule has 0 saturated carbocycles. The molecule has 0 bridgehead atoms. The van der Waals surface area contributed by atoms with Crippen LogP contribution in [-0.2, 0) is 9.53 Å². The van der Waals surface area contributed by atoms with Gasteiger partial charge in [-0.1, -0.05) is 78.9 Å². The number of esters is 1. The highest BCUT2D eigenvalue weighted by molar-refractivity contribution is 6.11. The smallest absolute Gasteiger partial charge is 0.356 e. The summed E-state index contributed by atoms with van der Waals surface area (Å²) in [6, 6.07) is 27.4. The molecule has 0 spiro atoms. The fraction of sp³-hybridized carbons (Fsp3) is 0.154. The van der Waals surface area contributed by atoms with E-state index in [1.807, 2.05) is 84.9 Å². The van der Waals surface area contributed by atoms with E-state index in [1.54, 1.807) is 6.92 Å². The van der Waals surface area contributed by atoms with Gasteiger partial charge in [-0.3, -0.25) is 4.79 Å². The number of H-pyrrole nitrogens is 1. The zero-order valence-corrected chi connectivity index (χ0v) is 17.3. The monoisotopic (exact) mass is 412 g/mol. The van der Waals surface area contributed by atoms with Crippen molar-refractivity contribution in [2.75, 3.05) is 11.9 Å². The van der Waals surface area contributed by atoms with E-state index in [2.05, 4.69) is 10.3 Å². The van der Waals surface area contributed by atoms with Crippen LogP contribution in [0.4, 0.5) is 5.69 Å². The molecule has 0 saturated heterocycles. The van der Waals surface area contributed by atoms with Crippen molar-refractivity contribution >= 4 is 28.5 Å². The van der Waals surface area contributed by atoms with Crippen LogP contribution in [0.2, 0.25) is 0 Å². The van der Waals surface area contributed by atoms with Crippen molar-refractivity contribution in [1.82, 2.24) is 4.98 Å². The lowest BCUT2D eigenvalue weighted by Crippen LogP contribution is -2.18. The number of rotatable bonds is 7. The first-order valence-corrected chi connectivity index (χ1v) is 10.3. The maximum Gasteiger partial charge on any atom is 0.356 e. The second kappa shape index (κ2) is 9.30. The van der Waals surface area contributed by atoms with Gasteiger partial charge in [0.1, 0.15) is 5.69 Å². The van der Waals surface area contributed by atoms with Crippen molar-refractivity contribution in [2.24, 2.45) is 0 Å². The molecule has 0 radical (unpaired) electrons. The Kier molecular flexibility index (Phi) is 6.13. The first kappa shape index (κ1) is 20.4. The Morgan fingerprint density at radius 3 is 2.06 bits per heavy atom. The summed E-state index contributed by atoms with van der Waals surface area (Å²) in [5.74, 6) is -0.761. The van der Waals surface area contributed by atoms with E-state index in [-0.39, 0.29) is 30.5 Å². The molecule has 0 unspecified atom stereocenters. The van der Waals surface area contributed by atoms with Crippen molar-refractivity contribution in [2.45, 2.75) is 19.3 Å². The van der Waals surface area contributed by atoms with Crippen LogP contribution in [0.15, 0.2) is 84.9 Å². The highest BCUT2D eigenvalue weighted by Crippen LogP contribution is 2.31. The number of aromatic nitrogens is 1. The van der Waals surface area contributed by atoms with Gasteiger partial charge in [-0.25, -0.2) is 4.79 Å². The number of hydrogen-bond donors (Lipinski definition) is 2. The van der Waals surface area contributed by atoms with Crippen molar-refractivity contribution < 1.29 is 14.3 Å². The number of carbonyl (C=O) groups excluding carboxylic acids is 2. The first-order valence-electron chi connectivity index (χ1n) is 10.3. The first-order chi connectivity index (χ1) is 15.2. The fourth-order valence-corrected chi connectivity index (χ4v) is 3.80. The van der Waals surface area contributed by atoms with Crippen LogP contribution in [-0.4, -0.2) is 23.5 Å². The molecule has 1 aromatic heterocycles. The molecule has 0 aliphatic carbocycles. The number of nitrogens with one attached hydrogen (secondary N) is 2. The molecule has 156 valence electrons. The van der Waals surface area contributed by atoms with Crippen molar-refractivity contribution in [3.63, 3.8) is 0 Å². The number of carbonyl (C=O) groups is 2. The lowest BCUT2D eigenvalue weighted by Gasteiger charge is -2.18. The molecule has 2 N–H and O–H groups in total. The Labute approximate surface area is 181 Å². The van der Waals surface area contributed by atoms with E-state index in [1.165, 1.54) is 0 Å². The van der Waals surface area contributed by atoms with Crippen LogP contribution in [0, 0.1) is 0 Å². The summed E-state index contributed by atoms with van der Waals surface area (Å²) in [6.07, 6.45) is 0.246. The number of amides is 1.